The van der Waals surface area contributed by atoms with Crippen LogP contribution in [0.15, 0.2) is 29.2 Å². The summed E-state index contributed by atoms with van der Waals surface area (Å²) < 4.78 is 4.99. The Labute approximate surface area is 168 Å². The maximum atomic E-state index is 12.1. The Hall–Kier alpha value is -2.55. The van der Waals surface area contributed by atoms with E-state index in [1.54, 1.807) is 6.07 Å². The maximum Gasteiger partial charge on any atom is 0.307 e. The molecule has 0 saturated carbocycles. The van der Waals surface area contributed by atoms with Gasteiger partial charge in [0, 0.05) is 17.5 Å². The fourth-order valence-electron chi connectivity index (χ4n) is 2.45. The van der Waals surface area contributed by atoms with E-state index in [9.17, 15) is 19.2 Å². The summed E-state index contributed by atoms with van der Waals surface area (Å²) in [7, 11) is 1.46. The highest BCUT2D eigenvalue weighted by Gasteiger charge is 2.29. The van der Waals surface area contributed by atoms with Crippen LogP contribution in [0, 0.1) is 0 Å². The van der Waals surface area contributed by atoms with Crippen LogP contribution in [-0.4, -0.2) is 59.6 Å². The van der Waals surface area contributed by atoms with Crippen molar-refractivity contribution in [3.05, 3.63) is 24.3 Å². The number of benzene rings is 1. The second-order valence-corrected chi connectivity index (χ2v) is 8.75. The number of esters is 1. The Kier molecular flexibility index (Phi) is 7.06. The number of rotatable bonds is 6. The zero-order valence-corrected chi connectivity index (χ0v) is 17.2. The summed E-state index contributed by atoms with van der Waals surface area (Å²) in [6.07, 6.45) is -0.146. The topological polar surface area (TPSA) is 105 Å². The largest absolute Gasteiger partial charge is 0.456 e. The number of hydrogen-bond acceptors (Lipinski definition) is 6. The third-order valence-electron chi connectivity index (χ3n) is 3.74. The van der Waals surface area contributed by atoms with Gasteiger partial charge in [-0.2, -0.15) is 0 Å². The highest BCUT2D eigenvalue weighted by molar-refractivity contribution is 8.01. The summed E-state index contributed by atoms with van der Waals surface area (Å²) in [5, 5.41) is 4.88. The van der Waals surface area contributed by atoms with Crippen LogP contribution in [0.2, 0.25) is 0 Å². The lowest BCUT2D eigenvalue weighted by Gasteiger charge is -2.24. The van der Waals surface area contributed by atoms with Gasteiger partial charge in [-0.05, 0) is 32.9 Å². The number of ether oxygens (including phenoxy) is 1. The van der Waals surface area contributed by atoms with Crippen molar-refractivity contribution in [1.82, 2.24) is 10.2 Å². The fraction of sp³-hybridized carbons (Fsp3) is 0.474. The highest BCUT2D eigenvalue weighted by Crippen LogP contribution is 2.36. The number of carbonyl (C=O) groups excluding carboxylic acids is 4. The van der Waals surface area contributed by atoms with E-state index in [0.717, 1.165) is 4.90 Å². The first-order chi connectivity index (χ1) is 13.0. The van der Waals surface area contributed by atoms with Gasteiger partial charge in [0.1, 0.15) is 0 Å². The molecule has 1 aromatic rings. The van der Waals surface area contributed by atoms with Crippen LogP contribution >= 0.6 is 11.8 Å². The zero-order chi connectivity index (χ0) is 20.9. The molecule has 0 radical (unpaired) electrons. The Morgan fingerprint density at radius 2 is 1.93 bits per heavy atom. The number of hydrogen-bond donors (Lipinski definition) is 2. The van der Waals surface area contributed by atoms with Gasteiger partial charge in [0.15, 0.2) is 6.61 Å². The molecule has 2 N–H and O–H groups in total. The number of fused-ring (bicyclic) bond motifs is 1. The van der Waals surface area contributed by atoms with E-state index in [0.29, 0.717) is 5.69 Å². The minimum atomic E-state index is -0.645. The molecule has 9 heteroatoms. The first-order valence-electron chi connectivity index (χ1n) is 8.82. The smallest absolute Gasteiger partial charge is 0.307 e. The van der Waals surface area contributed by atoms with Gasteiger partial charge in [0.05, 0.1) is 23.9 Å². The molecular formula is C19H25N3O5S. The minimum Gasteiger partial charge on any atom is -0.456 e. The van der Waals surface area contributed by atoms with Crippen molar-refractivity contribution >= 4 is 41.1 Å². The van der Waals surface area contributed by atoms with Gasteiger partial charge in [-0.15, -0.1) is 11.8 Å². The average Bonchev–Trinajstić information content (AvgIpc) is 2.58. The van der Waals surface area contributed by atoms with Crippen LogP contribution < -0.4 is 10.6 Å². The molecular weight excluding hydrogens is 382 g/mol. The van der Waals surface area contributed by atoms with Gasteiger partial charge in [-0.1, -0.05) is 12.1 Å². The molecule has 3 amide bonds. The zero-order valence-electron chi connectivity index (χ0n) is 16.4. The van der Waals surface area contributed by atoms with Crippen LogP contribution in [0.4, 0.5) is 5.69 Å². The van der Waals surface area contributed by atoms with Crippen LogP contribution in [0.5, 0.6) is 0 Å². The number of thioether (sulfide) groups is 1. The van der Waals surface area contributed by atoms with Crippen LogP contribution in [0.3, 0.4) is 0 Å². The lowest BCUT2D eigenvalue weighted by molar-refractivity contribution is -0.152. The maximum absolute atomic E-state index is 12.1. The second kappa shape index (κ2) is 9.09. The molecule has 1 aliphatic rings. The summed E-state index contributed by atoms with van der Waals surface area (Å²) in [4.78, 5) is 50.1. The number of likely N-dealkylation sites (N-methyl/N-ethyl adjacent to an activating group) is 1. The standard InChI is InChI=1S/C19H25N3O5S/c1-19(2,3)21-15(23)10-22(4)16(24)11-27-17(25)9-14-18(26)20-12-7-5-6-8-13(12)28-14/h5-8,14H,9-11H2,1-4H3,(H,20,26)(H,21,23)/t14-/m1/s1. The second-order valence-electron chi connectivity index (χ2n) is 7.50. The number of amides is 3. The number of carbonyl (C=O) groups is 4. The van der Waals surface area contributed by atoms with Gasteiger partial charge >= 0.3 is 5.97 Å². The van der Waals surface area contributed by atoms with Crippen LogP contribution in [0.1, 0.15) is 27.2 Å². The van der Waals surface area contributed by atoms with Crippen molar-refractivity contribution in [1.29, 1.82) is 0 Å². The molecule has 0 saturated heterocycles. The van der Waals surface area contributed by atoms with Crippen molar-refractivity contribution in [3.63, 3.8) is 0 Å². The summed E-state index contributed by atoms with van der Waals surface area (Å²) in [5.41, 5.74) is 0.317. The van der Waals surface area contributed by atoms with Gasteiger partial charge in [-0.25, -0.2) is 0 Å². The predicted octanol–water partition coefficient (Wildman–Crippen LogP) is 1.41. The molecule has 1 atom stereocenters. The molecule has 0 fully saturated rings. The van der Waals surface area contributed by atoms with Gasteiger partial charge in [0.2, 0.25) is 11.8 Å². The van der Waals surface area contributed by atoms with Crippen molar-refractivity contribution in [2.24, 2.45) is 0 Å². The van der Waals surface area contributed by atoms with E-state index >= 15 is 0 Å². The molecule has 0 unspecified atom stereocenters. The molecule has 0 aromatic heterocycles. The molecule has 2 rings (SSSR count). The van der Waals surface area contributed by atoms with Crippen LogP contribution in [-0.2, 0) is 23.9 Å². The Balaban J connectivity index is 1.78. The molecule has 1 heterocycles. The van der Waals surface area contributed by atoms with E-state index in [4.69, 9.17) is 4.74 Å². The van der Waals surface area contributed by atoms with Crippen molar-refractivity contribution in [2.75, 3.05) is 25.5 Å². The van der Waals surface area contributed by atoms with Gasteiger partial charge in [0.25, 0.3) is 5.91 Å². The lowest BCUT2D eigenvalue weighted by Crippen LogP contribution is -2.47. The van der Waals surface area contributed by atoms with Crippen molar-refractivity contribution < 1.29 is 23.9 Å². The first kappa shape index (κ1) is 21.7. The van der Waals surface area contributed by atoms with E-state index in [1.165, 1.54) is 23.7 Å². The summed E-state index contributed by atoms with van der Waals surface area (Å²) in [6.45, 7) is 4.91. The normalized spacial score (nSPS) is 15.9. The molecule has 1 aliphatic heterocycles. The number of nitrogens with one attached hydrogen (secondary N) is 2. The van der Waals surface area contributed by atoms with E-state index in [2.05, 4.69) is 10.6 Å². The monoisotopic (exact) mass is 407 g/mol. The summed E-state index contributed by atoms with van der Waals surface area (Å²) in [5.74, 6) is -1.72. The minimum absolute atomic E-state index is 0.134. The molecule has 28 heavy (non-hydrogen) atoms. The fourth-order valence-corrected chi connectivity index (χ4v) is 3.55. The molecule has 152 valence electrons. The number of anilines is 1. The molecule has 0 spiro atoms. The third-order valence-corrected chi connectivity index (χ3v) is 5.01. The Bertz CT molecular complexity index is 775. The lowest BCUT2D eigenvalue weighted by atomic mass is 10.1. The Morgan fingerprint density at radius 1 is 1.25 bits per heavy atom. The third kappa shape index (κ3) is 6.56. The van der Waals surface area contributed by atoms with Crippen molar-refractivity contribution in [3.8, 4) is 0 Å². The Morgan fingerprint density at radius 3 is 2.61 bits per heavy atom. The summed E-state index contributed by atoms with van der Waals surface area (Å²) in [6, 6.07) is 7.32. The van der Waals surface area contributed by atoms with E-state index in [1.807, 2.05) is 39.0 Å². The SMILES string of the molecule is CN(CC(=O)NC(C)(C)C)C(=O)COC(=O)C[C@H]1Sc2ccccc2NC1=O. The van der Waals surface area contributed by atoms with E-state index < -0.39 is 29.3 Å². The highest BCUT2D eigenvalue weighted by atomic mass is 32.2. The van der Waals surface area contributed by atoms with Gasteiger partial charge < -0.3 is 20.3 Å². The predicted molar refractivity (Wildman–Crippen MR) is 106 cm³/mol. The number of nitrogens with zero attached hydrogens (tertiary/aromatic N) is 1. The quantitative estimate of drug-likeness (QED) is 0.691. The molecule has 8 nitrogen and oxygen atoms in total. The van der Waals surface area contributed by atoms with E-state index in [-0.39, 0.29) is 24.8 Å². The number of para-hydroxylation sites is 1. The molecule has 1 aromatic carbocycles. The average molecular weight is 407 g/mol. The van der Waals surface area contributed by atoms with Crippen molar-refractivity contribution in [2.45, 2.75) is 42.9 Å². The van der Waals surface area contributed by atoms with Gasteiger partial charge in [-0.3, -0.25) is 19.2 Å². The molecule has 0 aliphatic carbocycles. The molecule has 0 bridgehead atoms. The summed E-state index contributed by atoms with van der Waals surface area (Å²) >= 11 is 1.29. The van der Waals surface area contributed by atoms with Crippen LogP contribution in [0.25, 0.3) is 0 Å². The first-order valence-corrected chi connectivity index (χ1v) is 9.70.